The Morgan fingerprint density at radius 1 is 0.969 bits per heavy atom. The second-order valence-electron chi connectivity index (χ2n) is 7.80. The van der Waals surface area contributed by atoms with Crippen LogP contribution in [-0.2, 0) is 4.79 Å². The number of amides is 3. The Balaban J connectivity index is 1.55. The van der Waals surface area contributed by atoms with E-state index in [-0.39, 0.29) is 18.4 Å². The van der Waals surface area contributed by atoms with Crippen LogP contribution in [0.15, 0.2) is 42.5 Å². The van der Waals surface area contributed by atoms with E-state index in [1.165, 1.54) is 16.9 Å². The fourth-order valence-corrected chi connectivity index (χ4v) is 3.95. The minimum atomic E-state index is -0.208. The van der Waals surface area contributed by atoms with Gasteiger partial charge in [0.05, 0.1) is 0 Å². The maximum atomic E-state index is 12.7. The number of nitrogens with zero attached hydrogens (tertiary/aromatic N) is 3. The molecule has 0 aliphatic rings. The van der Waals surface area contributed by atoms with Gasteiger partial charge in [0.1, 0.15) is 5.01 Å². The lowest BCUT2D eigenvalue weighted by Gasteiger charge is -2.22. The molecule has 0 aliphatic carbocycles. The van der Waals surface area contributed by atoms with E-state index in [0.29, 0.717) is 18.2 Å². The first-order chi connectivity index (χ1) is 15.4. The van der Waals surface area contributed by atoms with E-state index in [9.17, 15) is 9.59 Å². The number of hydrogen-bond acceptors (Lipinski definition) is 5. The zero-order valence-corrected chi connectivity index (χ0v) is 19.8. The fraction of sp³-hybridized carbons (Fsp3) is 0.333. The molecule has 7 nitrogen and oxygen atoms in total. The van der Waals surface area contributed by atoms with Gasteiger partial charge in [0, 0.05) is 30.8 Å². The number of carbonyl (C=O) groups is 2. The number of carbonyl (C=O) groups excluding carboxylic acids is 2. The quantitative estimate of drug-likeness (QED) is 0.480. The molecule has 0 fully saturated rings. The molecule has 0 radical (unpaired) electrons. The highest BCUT2D eigenvalue weighted by Gasteiger charge is 2.16. The zero-order chi connectivity index (χ0) is 23.1. The number of aromatic nitrogens is 2. The minimum absolute atomic E-state index is 0.180. The fourth-order valence-electron chi connectivity index (χ4n) is 3.19. The van der Waals surface area contributed by atoms with Crippen molar-refractivity contribution in [1.29, 1.82) is 0 Å². The first-order valence-corrected chi connectivity index (χ1v) is 11.5. The molecule has 3 rings (SSSR count). The maximum absolute atomic E-state index is 12.7. The Morgan fingerprint density at radius 3 is 2.50 bits per heavy atom. The van der Waals surface area contributed by atoms with Crippen molar-refractivity contribution in [2.24, 2.45) is 0 Å². The van der Waals surface area contributed by atoms with Crippen molar-refractivity contribution in [3.8, 4) is 10.6 Å². The summed E-state index contributed by atoms with van der Waals surface area (Å²) in [7, 11) is 0. The summed E-state index contributed by atoms with van der Waals surface area (Å²) >= 11 is 1.33. The molecule has 1 aromatic heterocycles. The standard InChI is InChI=1S/C24H29N5O2S/c1-5-12-29(24(31)25-20-10-9-17(3)18(4)15-20)13-11-21(30)26-23-28-27-22(32-23)19-8-6-7-16(2)14-19/h6-10,14-15H,5,11-13H2,1-4H3,(H,25,31)(H,26,28,30). The Labute approximate surface area is 192 Å². The lowest BCUT2D eigenvalue weighted by Crippen LogP contribution is -2.37. The molecule has 168 valence electrons. The van der Waals surface area contributed by atoms with E-state index in [0.717, 1.165) is 33.8 Å². The normalized spacial score (nSPS) is 10.6. The third kappa shape index (κ3) is 6.37. The predicted molar refractivity (Wildman–Crippen MR) is 130 cm³/mol. The highest BCUT2D eigenvalue weighted by molar-refractivity contribution is 7.18. The monoisotopic (exact) mass is 451 g/mol. The van der Waals surface area contributed by atoms with E-state index in [2.05, 4.69) is 20.8 Å². The number of aryl methyl sites for hydroxylation is 3. The molecule has 0 atom stereocenters. The molecule has 2 N–H and O–H groups in total. The van der Waals surface area contributed by atoms with Crippen LogP contribution < -0.4 is 10.6 Å². The number of urea groups is 1. The lowest BCUT2D eigenvalue weighted by atomic mass is 10.1. The summed E-state index contributed by atoms with van der Waals surface area (Å²) in [6, 6.07) is 13.6. The number of nitrogens with one attached hydrogen (secondary N) is 2. The van der Waals surface area contributed by atoms with Gasteiger partial charge < -0.3 is 15.5 Å². The first-order valence-electron chi connectivity index (χ1n) is 10.7. The summed E-state index contributed by atoms with van der Waals surface area (Å²) in [6.45, 7) is 8.96. The Morgan fingerprint density at radius 2 is 1.78 bits per heavy atom. The van der Waals surface area contributed by atoms with E-state index in [1.54, 1.807) is 4.90 Å². The van der Waals surface area contributed by atoms with Crippen LogP contribution >= 0.6 is 11.3 Å². The highest BCUT2D eigenvalue weighted by atomic mass is 32.1. The molecular formula is C24H29N5O2S. The lowest BCUT2D eigenvalue weighted by molar-refractivity contribution is -0.116. The summed E-state index contributed by atoms with van der Waals surface area (Å²) in [4.78, 5) is 26.8. The summed E-state index contributed by atoms with van der Waals surface area (Å²) < 4.78 is 0. The van der Waals surface area contributed by atoms with Gasteiger partial charge in [0.15, 0.2) is 0 Å². The number of rotatable bonds is 8. The van der Waals surface area contributed by atoms with Crippen LogP contribution in [0.2, 0.25) is 0 Å². The second kappa shape index (κ2) is 10.9. The first kappa shape index (κ1) is 23.4. The Kier molecular flexibility index (Phi) is 7.94. The van der Waals surface area contributed by atoms with Gasteiger partial charge in [-0.3, -0.25) is 4.79 Å². The number of hydrogen-bond donors (Lipinski definition) is 2. The average Bonchev–Trinajstić information content (AvgIpc) is 3.22. The Bertz CT molecular complexity index is 1100. The van der Waals surface area contributed by atoms with Gasteiger partial charge in [-0.2, -0.15) is 0 Å². The van der Waals surface area contributed by atoms with Crippen LogP contribution in [0.3, 0.4) is 0 Å². The van der Waals surface area contributed by atoms with Crippen molar-refractivity contribution >= 4 is 34.1 Å². The van der Waals surface area contributed by atoms with Crippen molar-refractivity contribution in [2.75, 3.05) is 23.7 Å². The van der Waals surface area contributed by atoms with E-state index >= 15 is 0 Å². The molecule has 1 heterocycles. The molecule has 0 bridgehead atoms. The SMILES string of the molecule is CCCN(CCC(=O)Nc1nnc(-c2cccc(C)c2)s1)C(=O)Nc1ccc(C)c(C)c1. The van der Waals surface area contributed by atoms with Gasteiger partial charge in [0.2, 0.25) is 11.0 Å². The molecule has 0 spiro atoms. The van der Waals surface area contributed by atoms with Crippen molar-refractivity contribution in [3.05, 3.63) is 59.2 Å². The third-order valence-electron chi connectivity index (χ3n) is 5.08. The smallest absolute Gasteiger partial charge is 0.321 e. The van der Waals surface area contributed by atoms with Gasteiger partial charge in [0.25, 0.3) is 0 Å². The molecule has 2 aromatic carbocycles. The van der Waals surface area contributed by atoms with Crippen molar-refractivity contribution in [1.82, 2.24) is 15.1 Å². The number of anilines is 2. The van der Waals surface area contributed by atoms with Crippen LogP contribution in [0.5, 0.6) is 0 Å². The van der Waals surface area contributed by atoms with Crippen molar-refractivity contribution in [2.45, 2.75) is 40.5 Å². The molecule has 0 saturated carbocycles. The van der Waals surface area contributed by atoms with Crippen LogP contribution in [0, 0.1) is 20.8 Å². The molecule has 3 aromatic rings. The van der Waals surface area contributed by atoms with Gasteiger partial charge in [-0.1, -0.05) is 48.1 Å². The van der Waals surface area contributed by atoms with Crippen LogP contribution in [-0.4, -0.2) is 40.1 Å². The highest BCUT2D eigenvalue weighted by Crippen LogP contribution is 2.26. The predicted octanol–water partition coefficient (Wildman–Crippen LogP) is 5.40. The molecule has 0 saturated heterocycles. The zero-order valence-electron chi connectivity index (χ0n) is 18.9. The van der Waals surface area contributed by atoms with Crippen molar-refractivity contribution in [3.63, 3.8) is 0 Å². The maximum Gasteiger partial charge on any atom is 0.321 e. The summed E-state index contributed by atoms with van der Waals surface area (Å²) in [5, 5.41) is 15.2. The summed E-state index contributed by atoms with van der Waals surface area (Å²) in [5.74, 6) is -0.197. The summed E-state index contributed by atoms with van der Waals surface area (Å²) in [6.07, 6.45) is 0.984. The molecule has 0 unspecified atom stereocenters. The van der Waals surface area contributed by atoms with E-state index < -0.39 is 0 Å². The number of benzene rings is 2. The molecular weight excluding hydrogens is 422 g/mol. The van der Waals surface area contributed by atoms with Gasteiger partial charge in [-0.25, -0.2) is 4.79 Å². The second-order valence-corrected chi connectivity index (χ2v) is 8.77. The third-order valence-corrected chi connectivity index (χ3v) is 5.97. The van der Waals surface area contributed by atoms with Crippen LogP contribution in [0.4, 0.5) is 15.6 Å². The van der Waals surface area contributed by atoms with Crippen LogP contribution in [0.25, 0.3) is 10.6 Å². The van der Waals surface area contributed by atoms with Crippen molar-refractivity contribution < 1.29 is 9.59 Å². The molecule has 8 heteroatoms. The van der Waals surface area contributed by atoms with Gasteiger partial charge >= 0.3 is 6.03 Å². The van der Waals surface area contributed by atoms with Gasteiger partial charge in [-0.05, 0) is 56.5 Å². The minimum Gasteiger partial charge on any atom is -0.324 e. The average molecular weight is 452 g/mol. The molecule has 3 amide bonds. The van der Waals surface area contributed by atoms with Crippen LogP contribution in [0.1, 0.15) is 36.5 Å². The summed E-state index contributed by atoms with van der Waals surface area (Å²) in [5.41, 5.74) is 5.15. The van der Waals surface area contributed by atoms with E-state index in [4.69, 9.17) is 0 Å². The Hall–Kier alpha value is -3.26. The molecule has 32 heavy (non-hydrogen) atoms. The topological polar surface area (TPSA) is 87.2 Å². The largest absolute Gasteiger partial charge is 0.324 e. The molecule has 0 aliphatic heterocycles. The van der Waals surface area contributed by atoms with E-state index in [1.807, 2.05) is 70.2 Å². The van der Waals surface area contributed by atoms with Gasteiger partial charge in [-0.15, -0.1) is 10.2 Å².